The van der Waals surface area contributed by atoms with E-state index in [1.165, 1.54) is 13.2 Å². The summed E-state index contributed by atoms with van der Waals surface area (Å²) in [4.78, 5) is 11.8. The van der Waals surface area contributed by atoms with Crippen molar-refractivity contribution in [1.29, 1.82) is 0 Å². The van der Waals surface area contributed by atoms with Gasteiger partial charge in [0.25, 0.3) is 0 Å². The van der Waals surface area contributed by atoms with Crippen LogP contribution in [0, 0.1) is 6.92 Å². The van der Waals surface area contributed by atoms with E-state index < -0.39 is 17.7 Å². The first-order valence-corrected chi connectivity index (χ1v) is 12.9. The van der Waals surface area contributed by atoms with Crippen LogP contribution in [0.25, 0.3) is 22.3 Å². The maximum Gasteiger partial charge on any atom is 0.416 e. The molecule has 168 valence electrons. The molecule has 0 aromatic heterocycles. The first-order valence-electron chi connectivity index (χ1n) is 9.25. The lowest BCUT2D eigenvalue weighted by molar-refractivity contribution is -0.137. The number of aryl methyl sites for hydroxylation is 1. The van der Waals surface area contributed by atoms with Gasteiger partial charge in [-0.3, -0.25) is 0 Å². The quantitative estimate of drug-likeness (QED) is 0.164. The van der Waals surface area contributed by atoms with Crippen molar-refractivity contribution in [2.45, 2.75) is 19.7 Å². The number of methoxy groups -OCH3 is 1. The van der Waals surface area contributed by atoms with Crippen molar-refractivity contribution in [3.05, 3.63) is 81.9 Å². The molecule has 3 aromatic carbocycles. The summed E-state index contributed by atoms with van der Waals surface area (Å²) in [6.45, 7) is 1.85. The van der Waals surface area contributed by atoms with Crippen LogP contribution in [0.1, 0.15) is 27.0 Å². The van der Waals surface area contributed by atoms with Crippen LogP contribution in [0.15, 0.2) is 54.6 Å². The topological polar surface area (TPSA) is 35.5 Å². The van der Waals surface area contributed by atoms with E-state index in [1.54, 1.807) is 24.3 Å². The van der Waals surface area contributed by atoms with Gasteiger partial charge in [0.1, 0.15) is 0 Å². The predicted molar refractivity (Wildman–Crippen MR) is 130 cm³/mol. The molecule has 0 N–H and O–H groups in total. The molecule has 3 nitrogen and oxygen atoms in total. The molecule has 0 amide bonds. The number of ether oxygens (including phenoxy) is 1. The number of carbonyl (C=O) groups excluding carboxylic acids is 1. The van der Waals surface area contributed by atoms with Crippen molar-refractivity contribution < 1.29 is 26.9 Å². The Balaban J connectivity index is 2.11. The molecule has 9 heteroatoms. The van der Waals surface area contributed by atoms with Gasteiger partial charge in [-0.15, -0.1) is 0 Å². The van der Waals surface area contributed by atoms with Gasteiger partial charge < -0.3 is 8.92 Å². The van der Waals surface area contributed by atoms with Crippen LogP contribution in [0.4, 0.5) is 13.2 Å². The van der Waals surface area contributed by atoms with Gasteiger partial charge in [-0.25, -0.2) is 4.79 Å². The third-order valence-electron chi connectivity index (χ3n) is 4.91. The van der Waals surface area contributed by atoms with Crippen molar-refractivity contribution >= 4 is 48.0 Å². The average molecular weight is 593 g/mol. The normalized spacial score (nSPS) is 11.5. The molecule has 0 atom stereocenters. The second-order valence-electron chi connectivity index (χ2n) is 6.91. The van der Waals surface area contributed by atoms with Gasteiger partial charge in [-0.1, -0.05) is 29.8 Å². The van der Waals surface area contributed by atoms with E-state index in [9.17, 15) is 18.0 Å². The molecule has 3 rings (SSSR count). The van der Waals surface area contributed by atoms with Crippen LogP contribution < -0.4 is 0 Å². The van der Waals surface area contributed by atoms with Crippen LogP contribution in [0.5, 0.6) is 0 Å². The van der Waals surface area contributed by atoms with E-state index in [0.717, 1.165) is 38.0 Å². The molecule has 0 unspecified atom stereocenters. The SMILES string of the molecule is COC(=O)c1ccc(-c2ccc(Cl)c(-c3ccc(C(F)(F)F)cc3COSI)c2)c(C)c1. The molecule has 0 saturated carbocycles. The summed E-state index contributed by atoms with van der Waals surface area (Å²) >= 11 is 8.36. The summed E-state index contributed by atoms with van der Waals surface area (Å²) in [6.07, 6.45) is -4.46. The number of esters is 1. The average Bonchev–Trinajstić information content (AvgIpc) is 2.77. The molecule has 0 aliphatic carbocycles. The van der Waals surface area contributed by atoms with Crippen molar-refractivity contribution in [2.24, 2.45) is 0 Å². The second kappa shape index (κ2) is 10.5. The van der Waals surface area contributed by atoms with Crippen molar-refractivity contribution in [2.75, 3.05) is 7.11 Å². The molecule has 0 spiro atoms. The molecule has 0 radical (unpaired) electrons. The summed E-state index contributed by atoms with van der Waals surface area (Å²) < 4.78 is 49.8. The van der Waals surface area contributed by atoms with Crippen LogP contribution in [0.3, 0.4) is 0 Å². The summed E-state index contributed by atoms with van der Waals surface area (Å²) in [5.74, 6) is -0.432. The lowest BCUT2D eigenvalue weighted by Crippen LogP contribution is -2.06. The third-order valence-corrected chi connectivity index (χ3v) is 6.21. The summed E-state index contributed by atoms with van der Waals surface area (Å²) in [5, 5.41) is 0.403. The van der Waals surface area contributed by atoms with E-state index in [0.29, 0.717) is 27.3 Å². The highest BCUT2D eigenvalue weighted by atomic mass is 127. The fourth-order valence-corrected chi connectivity index (χ4v) is 4.14. The minimum absolute atomic E-state index is 0.0136. The smallest absolute Gasteiger partial charge is 0.416 e. The lowest BCUT2D eigenvalue weighted by Gasteiger charge is -2.16. The Morgan fingerprint density at radius 3 is 2.38 bits per heavy atom. The number of hydrogen-bond acceptors (Lipinski definition) is 4. The Morgan fingerprint density at radius 1 is 1.03 bits per heavy atom. The van der Waals surface area contributed by atoms with Gasteiger partial charge >= 0.3 is 12.1 Å². The summed E-state index contributed by atoms with van der Waals surface area (Å²) in [7, 11) is 2.36. The Bertz CT molecular complexity index is 1150. The number of carbonyl (C=O) groups is 1. The molecule has 0 saturated heterocycles. The number of halogens is 5. The largest absolute Gasteiger partial charge is 0.465 e. The number of alkyl halides is 3. The van der Waals surface area contributed by atoms with Gasteiger partial charge in [0.2, 0.25) is 0 Å². The van der Waals surface area contributed by atoms with Crippen molar-refractivity contribution in [3.8, 4) is 22.3 Å². The fourth-order valence-electron chi connectivity index (χ4n) is 3.37. The van der Waals surface area contributed by atoms with Crippen LogP contribution >= 0.6 is 42.0 Å². The van der Waals surface area contributed by atoms with Crippen LogP contribution in [0.2, 0.25) is 5.02 Å². The van der Waals surface area contributed by atoms with Crippen molar-refractivity contribution in [3.63, 3.8) is 0 Å². The minimum Gasteiger partial charge on any atom is -0.465 e. The van der Waals surface area contributed by atoms with Crippen LogP contribution in [-0.4, -0.2) is 13.1 Å². The molecule has 0 bridgehead atoms. The van der Waals surface area contributed by atoms with Gasteiger partial charge in [0, 0.05) is 31.8 Å². The number of benzene rings is 3. The molecule has 0 heterocycles. The Hall–Kier alpha value is -1.75. The molecule has 3 aromatic rings. The molecule has 0 fully saturated rings. The van der Waals surface area contributed by atoms with Gasteiger partial charge in [-0.05, 0) is 71.1 Å². The first kappa shape index (κ1) is 24.9. The van der Waals surface area contributed by atoms with Crippen LogP contribution in [-0.2, 0) is 21.7 Å². The Labute approximate surface area is 205 Å². The standard InChI is InChI=1S/C23H17ClF3IO3S/c1-13-9-15(22(29)30-2)3-6-18(13)14-4-8-21(24)20(11-14)19-7-5-17(23(25,26)27)10-16(19)12-31-32-28/h3-11H,12H2,1-2H3. The summed E-state index contributed by atoms with van der Waals surface area (Å²) in [5.41, 5.74) is 3.72. The highest BCUT2D eigenvalue weighted by Gasteiger charge is 2.31. The molecule has 0 aliphatic heterocycles. The number of hydrogen-bond donors (Lipinski definition) is 0. The number of rotatable bonds is 6. The monoisotopic (exact) mass is 592 g/mol. The predicted octanol–water partition coefficient (Wildman–Crippen LogP) is 8.30. The zero-order valence-corrected chi connectivity index (χ0v) is 20.7. The Morgan fingerprint density at radius 2 is 1.75 bits per heavy atom. The molecular weight excluding hydrogens is 576 g/mol. The Kier molecular flexibility index (Phi) is 8.13. The zero-order valence-electron chi connectivity index (χ0n) is 16.9. The van der Waals surface area contributed by atoms with Gasteiger partial charge in [-0.2, -0.15) is 13.2 Å². The zero-order chi connectivity index (χ0) is 23.5. The third kappa shape index (κ3) is 5.59. The highest BCUT2D eigenvalue weighted by molar-refractivity contribution is 14.2. The van der Waals surface area contributed by atoms with Gasteiger partial charge in [0.15, 0.2) is 0 Å². The van der Waals surface area contributed by atoms with E-state index in [4.69, 9.17) is 20.5 Å². The van der Waals surface area contributed by atoms with Gasteiger partial charge in [0.05, 0.1) is 34.1 Å². The molecular formula is C23H17ClF3IO3S. The van der Waals surface area contributed by atoms with E-state index in [-0.39, 0.29) is 6.61 Å². The van der Waals surface area contributed by atoms with E-state index in [2.05, 4.69) is 0 Å². The minimum atomic E-state index is -4.46. The van der Waals surface area contributed by atoms with Crippen molar-refractivity contribution in [1.82, 2.24) is 0 Å². The summed E-state index contributed by atoms with van der Waals surface area (Å²) in [6, 6.07) is 14.1. The maximum atomic E-state index is 13.2. The fraction of sp³-hybridized carbons (Fsp3) is 0.174. The van der Waals surface area contributed by atoms with E-state index in [1.807, 2.05) is 40.3 Å². The second-order valence-corrected chi connectivity index (χ2v) is 8.76. The van der Waals surface area contributed by atoms with E-state index >= 15 is 0 Å². The maximum absolute atomic E-state index is 13.2. The molecule has 32 heavy (non-hydrogen) atoms. The highest BCUT2D eigenvalue weighted by Crippen LogP contribution is 2.39. The molecule has 0 aliphatic rings. The lowest BCUT2D eigenvalue weighted by atomic mass is 9.93. The first-order chi connectivity index (χ1) is 15.2.